The molecule has 0 spiro atoms. The zero-order chi connectivity index (χ0) is 11.5. The first-order valence-corrected chi connectivity index (χ1v) is 5.95. The summed E-state index contributed by atoms with van der Waals surface area (Å²) in [5.74, 6) is 0. The average Bonchev–Trinajstić information content (AvgIpc) is 2.16. The fourth-order valence-electron chi connectivity index (χ4n) is 0.686. The summed E-state index contributed by atoms with van der Waals surface area (Å²) in [5, 5.41) is -0.397. The van der Waals surface area contributed by atoms with Gasteiger partial charge in [-0.1, -0.05) is 0 Å². The normalized spacial score (nSPS) is 12.0. The number of halogens is 3. The van der Waals surface area contributed by atoms with E-state index in [4.69, 9.17) is 0 Å². The molecule has 1 aromatic heterocycles. The molecule has 0 aliphatic rings. The van der Waals surface area contributed by atoms with E-state index in [2.05, 4.69) is 25.9 Å². The molecule has 15 heavy (non-hydrogen) atoms. The molecule has 0 fully saturated rings. The Bertz CT molecular complexity index is 423. The van der Waals surface area contributed by atoms with Crippen LogP contribution in [0.3, 0.4) is 0 Å². The molecule has 1 rings (SSSR count). The molecule has 0 saturated carbocycles. The highest BCUT2D eigenvalue weighted by atomic mass is 79.9. The maximum atomic E-state index is 11.8. The van der Waals surface area contributed by atoms with Gasteiger partial charge in [-0.3, -0.25) is 0 Å². The van der Waals surface area contributed by atoms with Crippen LogP contribution in [-0.2, 0) is 10.0 Å². The van der Waals surface area contributed by atoms with Crippen LogP contribution >= 0.6 is 15.9 Å². The molecule has 0 amide bonds. The van der Waals surface area contributed by atoms with Gasteiger partial charge in [0.25, 0.3) is 16.4 Å². The van der Waals surface area contributed by atoms with Crippen molar-refractivity contribution in [3.8, 4) is 0 Å². The van der Waals surface area contributed by atoms with Crippen LogP contribution in [0.4, 0.5) is 8.78 Å². The van der Waals surface area contributed by atoms with Gasteiger partial charge in [0, 0.05) is 0 Å². The molecule has 0 atom stereocenters. The Balaban J connectivity index is 2.82. The van der Waals surface area contributed by atoms with E-state index < -0.39 is 28.0 Å². The quantitative estimate of drug-likeness (QED) is 0.892. The molecular weight excluding hydrogens is 296 g/mol. The smallest absolute Gasteiger partial charge is 0.245 e. The second-order valence-electron chi connectivity index (χ2n) is 2.42. The van der Waals surface area contributed by atoms with Crippen LogP contribution in [0.5, 0.6) is 0 Å². The van der Waals surface area contributed by atoms with Crippen molar-refractivity contribution in [2.45, 2.75) is 11.5 Å². The van der Waals surface area contributed by atoms with Gasteiger partial charge < -0.3 is 0 Å². The van der Waals surface area contributed by atoms with E-state index in [1.165, 1.54) is 0 Å². The molecule has 84 valence electrons. The van der Waals surface area contributed by atoms with Gasteiger partial charge in [-0.25, -0.2) is 31.9 Å². The molecule has 5 nitrogen and oxygen atoms in total. The van der Waals surface area contributed by atoms with Crippen molar-refractivity contribution in [3.05, 3.63) is 17.0 Å². The molecule has 0 bridgehead atoms. The number of nitrogens with one attached hydrogen (secondary N) is 1. The van der Waals surface area contributed by atoms with E-state index in [1.54, 1.807) is 4.72 Å². The standard InChI is InChI=1S/C6H6BrF2N3O2S/c7-4-1-11-6(3-10-4)15(13,14)12-2-5(8)9/h1,3,5,12H,2H2. The molecule has 0 aliphatic heterocycles. The van der Waals surface area contributed by atoms with Gasteiger partial charge in [-0.05, 0) is 15.9 Å². The second kappa shape index (κ2) is 4.90. The minimum absolute atomic E-state index is 0.357. The van der Waals surface area contributed by atoms with Crippen LogP contribution in [0, 0.1) is 0 Å². The molecule has 0 unspecified atom stereocenters. The van der Waals surface area contributed by atoms with Crippen molar-refractivity contribution in [2.24, 2.45) is 0 Å². The summed E-state index contributed by atoms with van der Waals surface area (Å²) in [6.07, 6.45) is -0.613. The predicted octanol–water partition coefficient (Wildman–Crippen LogP) is 0.783. The Morgan fingerprint density at radius 2 is 2.07 bits per heavy atom. The van der Waals surface area contributed by atoms with Crippen LogP contribution in [0.15, 0.2) is 22.0 Å². The first-order chi connectivity index (χ1) is 6.92. The summed E-state index contributed by atoms with van der Waals surface area (Å²) in [7, 11) is -4.00. The molecule has 9 heteroatoms. The van der Waals surface area contributed by atoms with Crippen molar-refractivity contribution < 1.29 is 17.2 Å². The fourth-order valence-corrected chi connectivity index (χ4v) is 1.77. The van der Waals surface area contributed by atoms with Crippen LogP contribution in [0.25, 0.3) is 0 Å². The maximum Gasteiger partial charge on any atom is 0.259 e. The predicted molar refractivity (Wildman–Crippen MR) is 50.9 cm³/mol. The number of hydrogen-bond donors (Lipinski definition) is 1. The molecule has 1 N–H and O–H groups in total. The summed E-state index contributed by atoms with van der Waals surface area (Å²) in [4.78, 5) is 7.14. The zero-order valence-electron chi connectivity index (χ0n) is 7.19. The summed E-state index contributed by atoms with van der Waals surface area (Å²) >= 11 is 2.97. The van der Waals surface area contributed by atoms with Crippen molar-refractivity contribution >= 4 is 26.0 Å². The zero-order valence-corrected chi connectivity index (χ0v) is 9.59. The lowest BCUT2D eigenvalue weighted by molar-refractivity contribution is 0.153. The Morgan fingerprint density at radius 1 is 1.40 bits per heavy atom. The van der Waals surface area contributed by atoms with Crippen molar-refractivity contribution in [3.63, 3.8) is 0 Å². The molecule has 0 aromatic carbocycles. The fraction of sp³-hybridized carbons (Fsp3) is 0.333. The van der Waals surface area contributed by atoms with Gasteiger partial charge >= 0.3 is 0 Å². The third kappa shape index (κ3) is 3.76. The lowest BCUT2D eigenvalue weighted by atomic mass is 10.7. The Labute approximate surface area is 93.1 Å². The number of sulfonamides is 1. The lowest BCUT2D eigenvalue weighted by Gasteiger charge is -2.04. The first kappa shape index (κ1) is 12.4. The van der Waals surface area contributed by atoms with Gasteiger partial charge in [0.2, 0.25) is 0 Å². The van der Waals surface area contributed by atoms with Crippen molar-refractivity contribution in [1.82, 2.24) is 14.7 Å². The summed E-state index contributed by atoms with van der Waals surface area (Å²) in [6.45, 7) is -0.944. The maximum absolute atomic E-state index is 11.8. The van der Waals surface area contributed by atoms with Crippen molar-refractivity contribution in [2.75, 3.05) is 6.54 Å². The molecule has 1 heterocycles. The van der Waals surface area contributed by atoms with E-state index in [0.717, 1.165) is 12.4 Å². The Hall–Kier alpha value is -0.670. The minimum atomic E-state index is -4.00. The van der Waals surface area contributed by atoms with Crippen LogP contribution in [-0.4, -0.2) is 31.4 Å². The third-order valence-corrected chi connectivity index (χ3v) is 3.02. The minimum Gasteiger partial charge on any atom is -0.245 e. The van der Waals surface area contributed by atoms with Crippen molar-refractivity contribution in [1.29, 1.82) is 0 Å². The topological polar surface area (TPSA) is 72.0 Å². The van der Waals surface area contributed by atoms with Gasteiger partial charge in [0.1, 0.15) is 4.60 Å². The highest BCUT2D eigenvalue weighted by molar-refractivity contribution is 9.10. The van der Waals surface area contributed by atoms with Gasteiger partial charge in [-0.2, -0.15) is 0 Å². The van der Waals surface area contributed by atoms with E-state index in [1.807, 2.05) is 0 Å². The Kier molecular flexibility index (Phi) is 4.05. The molecule has 0 aliphatic carbocycles. The SMILES string of the molecule is O=S(=O)(NCC(F)F)c1cnc(Br)cn1. The average molecular weight is 302 g/mol. The number of aromatic nitrogens is 2. The third-order valence-electron chi connectivity index (χ3n) is 1.30. The highest BCUT2D eigenvalue weighted by Crippen LogP contribution is 2.07. The molecule has 1 aromatic rings. The van der Waals surface area contributed by atoms with Gasteiger partial charge in [0.05, 0.1) is 18.9 Å². The monoisotopic (exact) mass is 301 g/mol. The number of alkyl halides is 2. The van der Waals surface area contributed by atoms with Gasteiger partial charge in [0.15, 0.2) is 5.03 Å². The van der Waals surface area contributed by atoms with E-state index in [9.17, 15) is 17.2 Å². The number of nitrogens with zero attached hydrogens (tertiary/aromatic N) is 2. The van der Waals surface area contributed by atoms with E-state index in [0.29, 0.717) is 4.60 Å². The first-order valence-electron chi connectivity index (χ1n) is 3.67. The van der Waals surface area contributed by atoms with Crippen LogP contribution in [0.1, 0.15) is 0 Å². The Morgan fingerprint density at radius 3 is 2.53 bits per heavy atom. The van der Waals surface area contributed by atoms with Crippen LogP contribution < -0.4 is 4.72 Å². The lowest BCUT2D eigenvalue weighted by Crippen LogP contribution is -2.29. The van der Waals surface area contributed by atoms with E-state index in [-0.39, 0.29) is 0 Å². The molecule has 0 radical (unpaired) electrons. The second-order valence-corrected chi connectivity index (χ2v) is 4.95. The largest absolute Gasteiger partial charge is 0.259 e. The number of hydrogen-bond acceptors (Lipinski definition) is 4. The highest BCUT2D eigenvalue weighted by Gasteiger charge is 2.17. The summed E-state index contributed by atoms with van der Waals surface area (Å²) in [6, 6.07) is 0. The summed E-state index contributed by atoms with van der Waals surface area (Å²) < 4.78 is 48.2. The summed E-state index contributed by atoms with van der Waals surface area (Å²) in [5.41, 5.74) is 0. The molecular formula is C6H6BrF2N3O2S. The van der Waals surface area contributed by atoms with Gasteiger partial charge in [-0.15, -0.1) is 0 Å². The van der Waals surface area contributed by atoms with Crippen LogP contribution in [0.2, 0.25) is 0 Å². The van der Waals surface area contributed by atoms with E-state index >= 15 is 0 Å². The molecule has 0 saturated heterocycles. The number of rotatable bonds is 4.